The van der Waals surface area contributed by atoms with Crippen LogP contribution in [0.15, 0.2) is 53.3 Å². The number of nitrogens with one attached hydrogen (secondary N) is 4. The van der Waals surface area contributed by atoms with E-state index in [1.807, 2.05) is 12.1 Å². The van der Waals surface area contributed by atoms with Gasteiger partial charge in [-0.05, 0) is 136 Å². The Kier molecular flexibility index (Phi) is 11.3. The minimum absolute atomic E-state index is 0.0464. The molecule has 6 aliphatic rings. The molecule has 338 valence electrons. The molecule has 3 aromatic carbocycles. The van der Waals surface area contributed by atoms with Crippen molar-refractivity contribution in [1.82, 2.24) is 30.0 Å². The van der Waals surface area contributed by atoms with Crippen molar-refractivity contribution >= 4 is 63.6 Å². The van der Waals surface area contributed by atoms with E-state index >= 15 is 4.39 Å². The fourth-order valence-electron chi connectivity index (χ4n) is 13.1. The van der Waals surface area contributed by atoms with Crippen LogP contribution in [0.25, 0.3) is 11.0 Å². The van der Waals surface area contributed by atoms with E-state index in [4.69, 9.17) is 23.2 Å². The molecule has 2 saturated carbocycles. The number of aromatic nitrogens is 2. The number of fused-ring (bicyclic) bond motifs is 4. The van der Waals surface area contributed by atoms with Crippen LogP contribution in [0, 0.1) is 18.7 Å². The quantitative estimate of drug-likeness (QED) is 0.143. The molecule has 2 aliphatic carbocycles. The molecule has 0 radical (unpaired) electrons. The summed E-state index contributed by atoms with van der Waals surface area (Å²) in [6.45, 7) is 4.93. The fraction of sp³-hybridized carbons (Fsp3) is 0.531. The number of carbonyl (C=O) groups excluding carboxylic acids is 4. The number of rotatable bonds is 7. The van der Waals surface area contributed by atoms with E-state index in [0.717, 1.165) is 99.6 Å². The Hall–Kier alpha value is -4.56. The molecular formula is C49H56Cl2FN7O5. The minimum atomic E-state index is -1.27. The number of carbonyl (C=O) groups is 4. The second-order valence-corrected chi connectivity index (χ2v) is 20.3. The summed E-state index contributed by atoms with van der Waals surface area (Å²) in [5.74, 6) is -1.93. The first-order valence-corrected chi connectivity index (χ1v) is 24.0. The van der Waals surface area contributed by atoms with E-state index in [9.17, 15) is 24.0 Å². The highest BCUT2D eigenvalue weighted by Gasteiger charge is 2.72. The zero-order valence-corrected chi connectivity index (χ0v) is 37.9. The topological polar surface area (TPSA) is 147 Å². The highest BCUT2D eigenvalue weighted by molar-refractivity contribution is 6.31. The average Bonchev–Trinajstić information content (AvgIpc) is 3.83. The standard InChI is InChI=1S/C49H56Cl2FN7O5/c1-27-9-16-36-43(57(2)47(64)59(36)37-17-18-38(60)55-44(37)61)39(27)29-19-23-58(24-20-29)26-28-10-13-31(14-11-28)53-45(62)42-40(32-7-6-8-34(51)41(32)52)49(48(56-42)21-4-3-5-22-48)33-15-12-30(50)25-35(33)54-46(49)63/h6-9,12,15-16,25,28-29,31,37,40,42,56H,3-5,10-11,13-14,17-24,26H2,1-2H3,(H,53,62)(H,54,63)(H,55,60,61)/t28?,31?,37?,40-,42+,49+/m0/s1. The molecule has 12 nitrogen and oxygen atoms in total. The first-order valence-electron chi connectivity index (χ1n) is 23.2. The van der Waals surface area contributed by atoms with Crippen molar-refractivity contribution in [3.63, 3.8) is 0 Å². The lowest BCUT2D eigenvalue weighted by molar-refractivity contribution is -0.136. The van der Waals surface area contributed by atoms with Crippen LogP contribution in [-0.4, -0.2) is 74.9 Å². The Morgan fingerprint density at radius 1 is 0.906 bits per heavy atom. The number of piperidine rings is 2. The van der Waals surface area contributed by atoms with Crippen molar-refractivity contribution in [1.29, 1.82) is 0 Å². The van der Waals surface area contributed by atoms with Gasteiger partial charge in [0.05, 0.1) is 22.1 Å². The molecule has 64 heavy (non-hydrogen) atoms. The minimum Gasteiger partial charge on any atom is -0.352 e. The molecule has 10 rings (SSSR count). The third-order valence-electron chi connectivity index (χ3n) is 16.0. The van der Waals surface area contributed by atoms with E-state index in [-0.39, 0.29) is 52.4 Å². The van der Waals surface area contributed by atoms with Crippen molar-refractivity contribution in [2.24, 2.45) is 13.0 Å². The highest BCUT2D eigenvalue weighted by atomic mass is 35.5. The zero-order chi connectivity index (χ0) is 44.7. The van der Waals surface area contributed by atoms with Crippen LogP contribution in [0.4, 0.5) is 10.1 Å². The molecule has 5 heterocycles. The van der Waals surface area contributed by atoms with Gasteiger partial charge < -0.3 is 15.5 Å². The van der Waals surface area contributed by atoms with Crippen molar-refractivity contribution < 1.29 is 23.6 Å². The van der Waals surface area contributed by atoms with Gasteiger partial charge in [0.2, 0.25) is 23.6 Å². The number of nitrogens with zero attached hydrogens (tertiary/aromatic N) is 3. The lowest BCUT2D eigenvalue weighted by Crippen LogP contribution is -2.60. The molecule has 15 heteroatoms. The zero-order valence-electron chi connectivity index (χ0n) is 36.4. The SMILES string of the molecule is Cc1ccc2c(c1C1CCN(CC3CCC(NC(=O)[C@@H]4NC5(CCCCC5)[C@@]5(C(=O)Nc6cc(Cl)ccc65)[C@H]4c4cccc(Cl)c4F)CC3)CC1)n(C)c(=O)n2C1CCC(=O)NC1=O. The van der Waals surface area contributed by atoms with Gasteiger partial charge in [-0.2, -0.15) is 0 Å². The molecule has 4 aliphatic heterocycles. The number of imidazole rings is 1. The van der Waals surface area contributed by atoms with E-state index in [1.165, 1.54) is 11.6 Å². The first-order chi connectivity index (χ1) is 30.8. The van der Waals surface area contributed by atoms with Gasteiger partial charge in [-0.1, -0.05) is 66.7 Å². The summed E-state index contributed by atoms with van der Waals surface area (Å²) in [6.07, 6.45) is 10.1. The summed E-state index contributed by atoms with van der Waals surface area (Å²) in [7, 11) is 1.78. The predicted molar refractivity (Wildman–Crippen MR) is 244 cm³/mol. The molecule has 4 atom stereocenters. The Morgan fingerprint density at radius 2 is 1.66 bits per heavy atom. The van der Waals surface area contributed by atoms with Crippen LogP contribution in [0.1, 0.15) is 124 Å². The number of aryl methyl sites for hydroxylation is 2. The summed E-state index contributed by atoms with van der Waals surface area (Å²) in [6, 6.07) is 12.6. The molecule has 1 unspecified atom stereocenters. The van der Waals surface area contributed by atoms with Gasteiger partial charge in [-0.25, -0.2) is 9.18 Å². The van der Waals surface area contributed by atoms with Crippen LogP contribution in [0.5, 0.6) is 0 Å². The van der Waals surface area contributed by atoms with Crippen LogP contribution < -0.4 is 27.0 Å². The highest BCUT2D eigenvalue weighted by Crippen LogP contribution is 2.63. The van der Waals surface area contributed by atoms with E-state index in [0.29, 0.717) is 35.9 Å². The number of benzene rings is 3. The molecule has 5 fully saturated rings. The maximum Gasteiger partial charge on any atom is 0.329 e. The first kappa shape index (κ1) is 43.3. The number of hydrogen-bond donors (Lipinski definition) is 4. The summed E-state index contributed by atoms with van der Waals surface area (Å²) in [5, 5.41) is 13.1. The third-order valence-corrected chi connectivity index (χ3v) is 16.6. The molecule has 3 saturated heterocycles. The third kappa shape index (κ3) is 6.93. The van der Waals surface area contributed by atoms with Gasteiger partial charge in [0.1, 0.15) is 17.3 Å². The van der Waals surface area contributed by atoms with Crippen LogP contribution in [0.3, 0.4) is 0 Å². The van der Waals surface area contributed by atoms with E-state index in [2.05, 4.69) is 39.2 Å². The molecule has 1 aromatic heterocycles. The Balaban J connectivity index is 0.822. The van der Waals surface area contributed by atoms with Gasteiger partial charge in [0, 0.05) is 48.2 Å². The molecule has 2 spiro atoms. The Morgan fingerprint density at radius 3 is 2.39 bits per heavy atom. The molecule has 4 aromatic rings. The Bertz CT molecular complexity index is 2620. The van der Waals surface area contributed by atoms with Crippen LogP contribution in [-0.2, 0) is 31.6 Å². The second-order valence-electron chi connectivity index (χ2n) is 19.5. The van der Waals surface area contributed by atoms with E-state index < -0.39 is 40.7 Å². The Labute approximate surface area is 382 Å². The van der Waals surface area contributed by atoms with Gasteiger partial charge in [-0.15, -0.1) is 0 Å². The smallest absolute Gasteiger partial charge is 0.329 e. The van der Waals surface area contributed by atoms with Crippen molar-refractivity contribution in [3.8, 4) is 0 Å². The lowest BCUT2D eigenvalue weighted by atomic mass is 9.55. The van der Waals surface area contributed by atoms with Crippen LogP contribution in [0.2, 0.25) is 10.0 Å². The molecule has 0 bridgehead atoms. The van der Waals surface area contributed by atoms with Crippen molar-refractivity contribution in [3.05, 3.63) is 97.1 Å². The number of amides is 4. The normalized spacial score (nSPS) is 28.5. The summed E-state index contributed by atoms with van der Waals surface area (Å²) in [5.41, 5.74) is 3.19. The van der Waals surface area contributed by atoms with Crippen molar-refractivity contribution in [2.75, 3.05) is 25.0 Å². The largest absolute Gasteiger partial charge is 0.352 e. The summed E-state index contributed by atoms with van der Waals surface area (Å²) in [4.78, 5) is 70.4. The van der Waals surface area contributed by atoms with Crippen LogP contribution >= 0.6 is 23.2 Å². The number of anilines is 1. The van der Waals surface area contributed by atoms with E-state index in [1.54, 1.807) is 40.4 Å². The summed E-state index contributed by atoms with van der Waals surface area (Å²) >= 11 is 12.9. The fourth-order valence-corrected chi connectivity index (χ4v) is 13.5. The molecule has 4 N–H and O–H groups in total. The van der Waals surface area contributed by atoms with Crippen molar-refractivity contribution in [2.45, 2.75) is 131 Å². The monoisotopic (exact) mass is 911 g/mol. The predicted octanol–water partition coefficient (Wildman–Crippen LogP) is 7.28. The second kappa shape index (κ2) is 16.7. The van der Waals surface area contributed by atoms with Gasteiger partial charge in [0.25, 0.3) is 0 Å². The van der Waals surface area contributed by atoms with Gasteiger partial charge >= 0.3 is 5.69 Å². The number of hydrogen-bond acceptors (Lipinski definition) is 7. The molecule has 4 amide bonds. The number of imide groups is 1. The maximum absolute atomic E-state index is 16.4. The molecular weight excluding hydrogens is 856 g/mol. The summed E-state index contributed by atoms with van der Waals surface area (Å²) < 4.78 is 19.6. The van der Waals surface area contributed by atoms with Gasteiger partial charge in [-0.3, -0.25) is 38.9 Å². The average molecular weight is 913 g/mol. The number of halogens is 3. The number of likely N-dealkylation sites (tertiary alicyclic amines) is 1. The van der Waals surface area contributed by atoms with Gasteiger partial charge in [0.15, 0.2) is 0 Å². The maximum atomic E-state index is 16.4. The lowest BCUT2D eigenvalue weighted by Gasteiger charge is -2.47.